The molecule has 1 aromatic heterocycles. The van der Waals surface area contributed by atoms with Gasteiger partial charge in [-0.25, -0.2) is 4.79 Å². The third kappa shape index (κ3) is 2.13. The van der Waals surface area contributed by atoms with E-state index in [1.807, 2.05) is 49.4 Å². The third-order valence-electron chi connectivity index (χ3n) is 3.48. The van der Waals surface area contributed by atoms with E-state index in [9.17, 15) is 4.79 Å². The van der Waals surface area contributed by atoms with Gasteiger partial charge in [-0.1, -0.05) is 36.4 Å². The summed E-state index contributed by atoms with van der Waals surface area (Å²) in [5.41, 5.74) is 1.40. The Morgan fingerprint density at radius 3 is 2.76 bits per heavy atom. The SMILES string of the molecule is Cc1c(C(=O)OC(C)C#N)oc2c1ccc1ccccc12. The number of hydrogen-bond donors (Lipinski definition) is 0. The van der Waals surface area contributed by atoms with E-state index in [-0.39, 0.29) is 5.76 Å². The molecule has 0 aliphatic heterocycles. The molecule has 4 heteroatoms. The number of esters is 1. The number of fused-ring (bicyclic) bond motifs is 3. The van der Waals surface area contributed by atoms with Crippen molar-refractivity contribution in [3.8, 4) is 6.07 Å². The van der Waals surface area contributed by atoms with Crippen LogP contribution < -0.4 is 0 Å². The van der Waals surface area contributed by atoms with Gasteiger partial charge in [0.15, 0.2) is 6.10 Å². The zero-order valence-corrected chi connectivity index (χ0v) is 11.7. The summed E-state index contributed by atoms with van der Waals surface area (Å²) in [7, 11) is 0. The average molecular weight is 279 g/mol. The van der Waals surface area contributed by atoms with Gasteiger partial charge in [-0.15, -0.1) is 0 Å². The summed E-state index contributed by atoms with van der Waals surface area (Å²) < 4.78 is 10.7. The summed E-state index contributed by atoms with van der Waals surface area (Å²) in [5, 5.41) is 11.6. The van der Waals surface area contributed by atoms with Gasteiger partial charge in [0, 0.05) is 16.3 Å². The normalized spacial score (nSPS) is 12.2. The van der Waals surface area contributed by atoms with Crippen LogP contribution in [0.5, 0.6) is 0 Å². The molecular formula is C17H13NO3. The van der Waals surface area contributed by atoms with E-state index in [1.165, 1.54) is 6.92 Å². The number of carbonyl (C=O) groups excluding carboxylic acids is 1. The number of aryl methyl sites for hydroxylation is 1. The average Bonchev–Trinajstić information content (AvgIpc) is 2.85. The smallest absolute Gasteiger partial charge is 0.375 e. The molecule has 0 saturated heterocycles. The third-order valence-corrected chi connectivity index (χ3v) is 3.48. The fourth-order valence-corrected chi connectivity index (χ4v) is 2.38. The molecule has 4 nitrogen and oxygen atoms in total. The fraction of sp³-hybridized carbons (Fsp3) is 0.176. The molecule has 0 amide bonds. The number of ether oxygens (including phenoxy) is 1. The predicted molar refractivity (Wildman–Crippen MR) is 78.9 cm³/mol. The lowest BCUT2D eigenvalue weighted by Crippen LogP contribution is -2.13. The lowest BCUT2D eigenvalue weighted by Gasteiger charge is -2.03. The van der Waals surface area contributed by atoms with Crippen LogP contribution in [0.15, 0.2) is 40.8 Å². The van der Waals surface area contributed by atoms with Gasteiger partial charge in [-0.3, -0.25) is 0 Å². The molecule has 1 heterocycles. The molecular weight excluding hydrogens is 266 g/mol. The first-order chi connectivity index (χ1) is 10.1. The van der Waals surface area contributed by atoms with Gasteiger partial charge in [-0.05, 0) is 19.2 Å². The Morgan fingerprint density at radius 1 is 1.24 bits per heavy atom. The highest BCUT2D eigenvalue weighted by Crippen LogP contribution is 2.32. The van der Waals surface area contributed by atoms with Gasteiger partial charge in [0.25, 0.3) is 0 Å². The van der Waals surface area contributed by atoms with E-state index < -0.39 is 12.1 Å². The van der Waals surface area contributed by atoms with Crippen LogP contribution in [-0.2, 0) is 4.74 Å². The Hall–Kier alpha value is -2.80. The van der Waals surface area contributed by atoms with Gasteiger partial charge < -0.3 is 9.15 Å². The fourth-order valence-electron chi connectivity index (χ4n) is 2.38. The lowest BCUT2D eigenvalue weighted by molar-refractivity contribution is 0.0400. The number of nitrogens with zero attached hydrogens (tertiary/aromatic N) is 1. The second-order valence-corrected chi connectivity index (χ2v) is 4.90. The maximum atomic E-state index is 12.1. The number of furan rings is 1. The van der Waals surface area contributed by atoms with E-state index >= 15 is 0 Å². The maximum absolute atomic E-state index is 12.1. The molecule has 0 spiro atoms. The van der Waals surface area contributed by atoms with Crippen LogP contribution in [0.2, 0.25) is 0 Å². The highest BCUT2D eigenvalue weighted by Gasteiger charge is 2.21. The van der Waals surface area contributed by atoms with Crippen LogP contribution in [0.3, 0.4) is 0 Å². The van der Waals surface area contributed by atoms with Crippen LogP contribution in [0.1, 0.15) is 23.0 Å². The molecule has 0 aliphatic carbocycles. The van der Waals surface area contributed by atoms with Crippen molar-refractivity contribution in [3.63, 3.8) is 0 Å². The van der Waals surface area contributed by atoms with Crippen molar-refractivity contribution in [2.45, 2.75) is 20.0 Å². The summed E-state index contributed by atoms with van der Waals surface area (Å²) in [6.45, 7) is 3.33. The van der Waals surface area contributed by atoms with Crippen molar-refractivity contribution in [1.29, 1.82) is 5.26 Å². The largest absolute Gasteiger partial charge is 0.448 e. The van der Waals surface area contributed by atoms with Crippen LogP contribution in [0.4, 0.5) is 0 Å². The lowest BCUT2D eigenvalue weighted by atomic mass is 10.1. The molecule has 0 fully saturated rings. The molecule has 21 heavy (non-hydrogen) atoms. The van der Waals surface area contributed by atoms with Crippen LogP contribution in [0, 0.1) is 18.3 Å². The first-order valence-corrected chi connectivity index (χ1v) is 6.63. The molecule has 0 bridgehead atoms. The summed E-state index contributed by atoms with van der Waals surface area (Å²) >= 11 is 0. The maximum Gasteiger partial charge on any atom is 0.375 e. The molecule has 1 unspecified atom stereocenters. The van der Waals surface area contributed by atoms with Crippen molar-refractivity contribution in [3.05, 3.63) is 47.7 Å². The highest BCUT2D eigenvalue weighted by molar-refractivity contribution is 6.08. The summed E-state index contributed by atoms with van der Waals surface area (Å²) in [6, 6.07) is 13.6. The molecule has 0 saturated carbocycles. The van der Waals surface area contributed by atoms with E-state index in [0.29, 0.717) is 5.58 Å². The molecule has 0 aliphatic rings. The van der Waals surface area contributed by atoms with Gasteiger partial charge in [-0.2, -0.15) is 5.26 Å². The summed E-state index contributed by atoms with van der Waals surface area (Å²) in [5.74, 6) is -0.453. The topological polar surface area (TPSA) is 63.2 Å². The van der Waals surface area contributed by atoms with Crippen LogP contribution in [-0.4, -0.2) is 12.1 Å². The summed E-state index contributed by atoms with van der Waals surface area (Å²) in [6.07, 6.45) is -0.804. The highest BCUT2D eigenvalue weighted by atomic mass is 16.6. The number of rotatable bonds is 2. The van der Waals surface area contributed by atoms with E-state index in [1.54, 1.807) is 0 Å². The van der Waals surface area contributed by atoms with Crippen molar-refractivity contribution >= 4 is 27.7 Å². The quantitative estimate of drug-likeness (QED) is 0.666. The molecule has 2 aromatic carbocycles. The standard InChI is InChI=1S/C17H13NO3/c1-10(9-18)20-17(19)15-11(2)13-8-7-12-5-3-4-6-14(12)16(13)21-15/h3-8,10H,1-2H3. The second kappa shape index (κ2) is 4.95. The Morgan fingerprint density at radius 2 is 2.00 bits per heavy atom. The molecule has 0 radical (unpaired) electrons. The van der Waals surface area contributed by atoms with Crippen LogP contribution >= 0.6 is 0 Å². The Kier molecular flexibility index (Phi) is 3.11. The molecule has 1 atom stereocenters. The Labute approximate surface area is 121 Å². The van der Waals surface area contributed by atoms with Crippen molar-refractivity contribution in [1.82, 2.24) is 0 Å². The summed E-state index contributed by atoms with van der Waals surface area (Å²) in [4.78, 5) is 12.1. The molecule has 104 valence electrons. The predicted octanol–water partition coefficient (Wildman–Crippen LogP) is 3.96. The van der Waals surface area contributed by atoms with Gasteiger partial charge in [0.2, 0.25) is 5.76 Å². The van der Waals surface area contributed by atoms with Crippen molar-refractivity contribution in [2.75, 3.05) is 0 Å². The van der Waals surface area contributed by atoms with Crippen molar-refractivity contribution in [2.24, 2.45) is 0 Å². The minimum absolute atomic E-state index is 0.156. The van der Waals surface area contributed by atoms with E-state index in [2.05, 4.69) is 0 Å². The minimum atomic E-state index is -0.804. The van der Waals surface area contributed by atoms with Crippen LogP contribution in [0.25, 0.3) is 21.7 Å². The van der Waals surface area contributed by atoms with Gasteiger partial charge >= 0.3 is 5.97 Å². The van der Waals surface area contributed by atoms with Gasteiger partial charge in [0.05, 0.1) is 0 Å². The first kappa shape index (κ1) is 13.2. The zero-order valence-electron chi connectivity index (χ0n) is 11.7. The van der Waals surface area contributed by atoms with Crippen molar-refractivity contribution < 1.29 is 13.9 Å². The van der Waals surface area contributed by atoms with E-state index in [4.69, 9.17) is 14.4 Å². The monoisotopic (exact) mass is 279 g/mol. The number of benzene rings is 2. The Balaban J connectivity index is 2.18. The minimum Gasteiger partial charge on any atom is -0.448 e. The Bertz CT molecular complexity index is 886. The number of hydrogen-bond acceptors (Lipinski definition) is 4. The second-order valence-electron chi connectivity index (χ2n) is 4.90. The first-order valence-electron chi connectivity index (χ1n) is 6.63. The molecule has 3 aromatic rings. The number of carbonyl (C=O) groups is 1. The molecule has 3 rings (SSSR count). The number of nitriles is 1. The van der Waals surface area contributed by atoms with Gasteiger partial charge in [0.1, 0.15) is 11.7 Å². The molecule has 0 N–H and O–H groups in total. The van der Waals surface area contributed by atoms with E-state index in [0.717, 1.165) is 21.7 Å². The zero-order chi connectivity index (χ0) is 15.0.